The molecule has 0 saturated carbocycles. The van der Waals surface area contributed by atoms with Crippen LogP contribution >= 0.6 is 0 Å². The minimum Gasteiger partial charge on any atom is -0.484 e. The molecule has 0 fully saturated rings. The Labute approximate surface area is 162 Å². The Hall–Kier alpha value is -3.32. The smallest absolute Gasteiger partial charge is 0.342 e. The Bertz CT molecular complexity index is 1110. The largest absolute Gasteiger partial charge is 0.484 e. The van der Waals surface area contributed by atoms with Crippen molar-refractivity contribution < 1.29 is 26.9 Å². The fraction of sp³-hybridized carbons (Fsp3) is 0.0952. The van der Waals surface area contributed by atoms with Crippen molar-refractivity contribution in [2.75, 3.05) is 0 Å². The number of fused-ring (bicyclic) bond motifs is 4. The third-order valence-corrected chi connectivity index (χ3v) is 5.45. The Morgan fingerprint density at radius 2 is 1.68 bits per heavy atom. The third kappa shape index (κ3) is 3.70. The summed E-state index contributed by atoms with van der Waals surface area (Å²) in [6.07, 6.45) is 0. The summed E-state index contributed by atoms with van der Waals surface area (Å²) in [6, 6.07) is 19.9. The van der Waals surface area contributed by atoms with Crippen molar-refractivity contribution >= 4 is 16.1 Å². The number of hydrogen-bond donors (Lipinski definition) is 0. The molecule has 2 heterocycles. The van der Waals surface area contributed by atoms with Gasteiger partial charge in [-0.05, 0) is 35.4 Å². The van der Waals surface area contributed by atoms with Gasteiger partial charge in [-0.2, -0.15) is 8.42 Å². The van der Waals surface area contributed by atoms with Crippen LogP contribution in [-0.4, -0.2) is 14.4 Å². The van der Waals surface area contributed by atoms with Gasteiger partial charge in [-0.1, -0.05) is 48.5 Å². The van der Waals surface area contributed by atoms with E-state index in [1.54, 1.807) is 12.1 Å². The van der Waals surface area contributed by atoms with E-state index in [0.717, 1.165) is 11.1 Å². The zero-order chi connectivity index (χ0) is 19.6. The lowest BCUT2D eigenvalue weighted by atomic mass is 10.1. The molecule has 0 saturated heterocycles. The van der Waals surface area contributed by atoms with E-state index >= 15 is 0 Å². The van der Waals surface area contributed by atoms with Gasteiger partial charge in [0.05, 0.1) is 0 Å². The van der Waals surface area contributed by atoms with Crippen LogP contribution in [0.5, 0.6) is 11.5 Å². The average molecular weight is 396 g/mol. The fourth-order valence-corrected chi connectivity index (χ4v) is 3.70. The summed E-state index contributed by atoms with van der Waals surface area (Å²) >= 11 is 0. The van der Waals surface area contributed by atoms with Gasteiger partial charge in [-0.15, -0.1) is 0 Å². The lowest BCUT2D eigenvalue weighted by Gasteiger charge is -2.18. The molecule has 0 radical (unpaired) electrons. The number of para-hydroxylation sites is 1. The number of hydrogen-bond acceptors (Lipinski definition) is 6. The molecular formula is C21H16O6S. The summed E-state index contributed by atoms with van der Waals surface area (Å²) in [7, 11) is -4.05. The Balaban J connectivity index is 1.66. The van der Waals surface area contributed by atoms with E-state index in [2.05, 4.69) is 0 Å². The predicted molar refractivity (Wildman–Crippen MR) is 101 cm³/mol. The number of rotatable bonds is 3. The van der Waals surface area contributed by atoms with Crippen LogP contribution in [0.4, 0.5) is 0 Å². The highest BCUT2D eigenvalue weighted by atomic mass is 32.2. The van der Waals surface area contributed by atoms with Gasteiger partial charge in [0.25, 0.3) is 0 Å². The summed E-state index contributed by atoms with van der Waals surface area (Å²) in [6.45, 7) is 0.239. The molecule has 0 amide bonds. The molecule has 2 bridgehead atoms. The molecule has 0 N–H and O–H groups in total. The summed E-state index contributed by atoms with van der Waals surface area (Å²) < 4.78 is 41.3. The molecular weight excluding hydrogens is 380 g/mol. The molecule has 0 spiro atoms. The van der Waals surface area contributed by atoms with Crippen molar-refractivity contribution in [2.45, 2.75) is 18.1 Å². The molecule has 2 aliphatic heterocycles. The molecule has 0 aromatic heterocycles. The number of carbonyl (C=O) groups excluding carboxylic acids is 1. The van der Waals surface area contributed by atoms with Crippen molar-refractivity contribution in [3.8, 4) is 11.5 Å². The monoisotopic (exact) mass is 396 g/mol. The molecule has 2 aliphatic rings. The summed E-state index contributed by atoms with van der Waals surface area (Å²) in [4.78, 5) is 12.6. The van der Waals surface area contributed by atoms with Crippen molar-refractivity contribution in [1.82, 2.24) is 0 Å². The Kier molecular flexibility index (Phi) is 4.75. The molecule has 5 rings (SSSR count). The van der Waals surface area contributed by atoms with Crippen molar-refractivity contribution in [3.05, 3.63) is 89.5 Å². The number of benzene rings is 3. The van der Waals surface area contributed by atoms with Crippen LogP contribution < -0.4 is 8.92 Å². The SMILES string of the molecule is O=C(OCc1ccccc1)c1cccc2c1OCc1ccc(cc1)S(=O)(=O)O2. The van der Waals surface area contributed by atoms with Crippen LogP contribution in [0.3, 0.4) is 0 Å². The average Bonchev–Trinajstić information content (AvgIpc) is 2.71. The first kappa shape index (κ1) is 18.1. The van der Waals surface area contributed by atoms with E-state index in [-0.39, 0.29) is 35.2 Å². The maximum absolute atomic E-state index is 12.6. The van der Waals surface area contributed by atoms with E-state index < -0.39 is 16.1 Å². The Morgan fingerprint density at radius 3 is 2.43 bits per heavy atom. The van der Waals surface area contributed by atoms with E-state index in [1.807, 2.05) is 30.3 Å². The lowest BCUT2D eigenvalue weighted by molar-refractivity contribution is 0.0467. The van der Waals surface area contributed by atoms with Crippen molar-refractivity contribution in [2.24, 2.45) is 0 Å². The maximum Gasteiger partial charge on any atom is 0.342 e. The van der Waals surface area contributed by atoms with Crippen molar-refractivity contribution in [3.63, 3.8) is 0 Å². The minimum atomic E-state index is -4.05. The fourth-order valence-electron chi connectivity index (χ4n) is 2.77. The van der Waals surface area contributed by atoms with Crippen molar-refractivity contribution in [1.29, 1.82) is 0 Å². The molecule has 0 atom stereocenters. The summed E-state index contributed by atoms with van der Waals surface area (Å²) in [5, 5.41) is 0. The molecule has 142 valence electrons. The number of esters is 1. The third-order valence-electron chi connectivity index (χ3n) is 4.21. The molecule has 0 unspecified atom stereocenters. The highest BCUT2D eigenvalue weighted by Crippen LogP contribution is 2.35. The molecule has 7 heteroatoms. The van der Waals surface area contributed by atoms with E-state index in [9.17, 15) is 13.2 Å². The molecule has 3 aromatic rings. The van der Waals surface area contributed by atoms with Gasteiger partial charge in [-0.25, -0.2) is 4.79 Å². The zero-order valence-corrected chi connectivity index (χ0v) is 15.5. The second-order valence-electron chi connectivity index (χ2n) is 6.16. The lowest BCUT2D eigenvalue weighted by Crippen LogP contribution is -2.15. The van der Waals surface area contributed by atoms with Crippen LogP contribution in [0.15, 0.2) is 77.7 Å². The summed E-state index contributed by atoms with van der Waals surface area (Å²) in [5.41, 5.74) is 1.69. The second-order valence-corrected chi connectivity index (χ2v) is 7.71. The van der Waals surface area contributed by atoms with Crippen LogP contribution in [0.1, 0.15) is 21.5 Å². The van der Waals surface area contributed by atoms with E-state index in [4.69, 9.17) is 13.7 Å². The summed E-state index contributed by atoms with van der Waals surface area (Å²) in [5.74, 6) is -0.657. The maximum atomic E-state index is 12.6. The zero-order valence-electron chi connectivity index (χ0n) is 14.7. The van der Waals surface area contributed by atoms with Gasteiger partial charge in [0.2, 0.25) is 0 Å². The van der Waals surface area contributed by atoms with Gasteiger partial charge in [0.1, 0.15) is 23.7 Å². The Morgan fingerprint density at radius 1 is 0.929 bits per heavy atom. The first-order valence-electron chi connectivity index (χ1n) is 8.53. The van der Waals surface area contributed by atoms with E-state index in [1.165, 1.54) is 30.3 Å². The highest BCUT2D eigenvalue weighted by molar-refractivity contribution is 7.87. The first-order chi connectivity index (χ1) is 13.5. The molecule has 6 nitrogen and oxygen atoms in total. The number of carbonyl (C=O) groups is 1. The van der Waals surface area contributed by atoms with Crippen LogP contribution in [0.25, 0.3) is 0 Å². The molecule has 0 aliphatic carbocycles. The van der Waals surface area contributed by atoms with Gasteiger partial charge in [-0.3, -0.25) is 0 Å². The van der Waals surface area contributed by atoms with Crippen LogP contribution in [0, 0.1) is 0 Å². The molecule has 3 aromatic carbocycles. The molecule has 28 heavy (non-hydrogen) atoms. The van der Waals surface area contributed by atoms with Gasteiger partial charge >= 0.3 is 16.1 Å². The van der Waals surface area contributed by atoms with Gasteiger partial charge in [0, 0.05) is 0 Å². The van der Waals surface area contributed by atoms with Crippen LogP contribution in [0.2, 0.25) is 0 Å². The number of ether oxygens (including phenoxy) is 2. The predicted octanol–water partition coefficient (Wildman–Crippen LogP) is 3.70. The minimum absolute atomic E-state index is 0.0288. The quantitative estimate of drug-likeness (QED) is 0.496. The second kappa shape index (κ2) is 7.36. The topological polar surface area (TPSA) is 78.9 Å². The first-order valence-corrected chi connectivity index (χ1v) is 9.94. The van der Waals surface area contributed by atoms with Gasteiger partial charge in [0.15, 0.2) is 11.5 Å². The highest BCUT2D eigenvalue weighted by Gasteiger charge is 2.25. The standard InChI is InChI=1S/C21H16O6S/c22-21(26-14-15-5-2-1-3-6-15)18-7-4-8-19-20(18)25-13-16-9-11-17(12-10-16)28(23,24)27-19/h1-12H,13-14H2. The van der Waals surface area contributed by atoms with Gasteiger partial charge < -0.3 is 13.7 Å². The van der Waals surface area contributed by atoms with E-state index in [0.29, 0.717) is 0 Å². The normalized spacial score (nSPS) is 14.3. The van der Waals surface area contributed by atoms with Crippen LogP contribution in [-0.2, 0) is 28.1 Å².